The lowest BCUT2D eigenvalue weighted by Gasteiger charge is -2.18. The summed E-state index contributed by atoms with van der Waals surface area (Å²) >= 11 is 0. The highest BCUT2D eigenvalue weighted by Gasteiger charge is 2.14. The van der Waals surface area contributed by atoms with Gasteiger partial charge < -0.3 is 9.84 Å². The number of hydrogen-bond donors (Lipinski definition) is 1. The van der Waals surface area contributed by atoms with E-state index in [-0.39, 0.29) is 12.1 Å². The highest BCUT2D eigenvalue weighted by atomic mass is 16.5. The zero-order valence-corrected chi connectivity index (χ0v) is 32.9. The van der Waals surface area contributed by atoms with Gasteiger partial charge in [-0.05, 0) is 83.5 Å². The van der Waals surface area contributed by atoms with Crippen LogP contribution in [0.2, 0.25) is 0 Å². The fraction of sp³-hybridized carbons (Fsp3) is 0.739. The highest BCUT2D eigenvalue weighted by molar-refractivity contribution is 5.69. The van der Waals surface area contributed by atoms with Crippen LogP contribution in [0.5, 0.6) is 0 Å². The monoisotopic (exact) mass is 697 g/mol. The lowest BCUT2D eigenvalue weighted by Crippen LogP contribution is -2.18. The van der Waals surface area contributed by atoms with E-state index in [1.165, 1.54) is 103 Å². The van der Waals surface area contributed by atoms with E-state index in [4.69, 9.17) is 9.84 Å². The zero-order valence-electron chi connectivity index (χ0n) is 32.9. The zero-order chi connectivity index (χ0) is 36.4. The molecule has 1 unspecified atom stereocenters. The molecule has 0 fully saturated rings. The van der Waals surface area contributed by atoms with Gasteiger partial charge in [0.1, 0.15) is 6.10 Å². The van der Waals surface area contributed by atoms with Crippen LogP contribution in [0.3, 0.4) is 0 Å². The Morgan fingerprint density at radius 3 is 1.30 bits per heavy atom. The molecule has 0 aromatic heterocycles. The Balaban J connectivity index is 3.77. The second-order valence-corrected chi connectivity index (χ2v) is 14.2. The summed E-state index contributed by atoms with van der Waals surface area (Å²) in [6.07, 6.45) is 57.1. The van der Waals surface area contributed by atoms with Crippen LogP contribution in [0.1, 0.15) is 213 Å². The molecule has 0 aromatic rings. The van der Waals surface area contributed by atoms with Gasteiger partial charge in [-0.15, -0.1) is 0 Å². The van der Waals surface area contributed by atoms with Gasteiger partial charge in [0.05, 0.1) is 0 Å². The van der Waals surface area contributed by atoms with Crippen molar-refractivity contribution in [1.82, 2.24) is 0 Å². The number of carboxylic acids is 1. The molecule has 0 aliphatic carbocycles. The highest BCUT2D eigenvalue weighted by Crippen LogP contribution is 2.18. The van der Waals surface area contributed by atoms with Gasteiger partial charge in [-0.25, -0.2) is 0 Å². The van der Waals surface area contributed by atoms with Crippen molar-refractivity contribution in [1.29, 1.82) is 0 Å². The molecule has 4 nitrogen and oxygen atoms in total. The van der Waals surface area contributed by atoms with Crippen LogP contribution in [-0.4, -0.2) is 23.1 Å². The van der Waals surface area contributed by atoms with E-state index >= 15 is 0 Å². The molecule has 0 radical (unpaired) electrons. The number of carboxylic acid groups (broad SMARTS) is 1. The summed E-state index contributed by atoms with van der Waals surface area (Å²) < 4.78 is 5.98. The molecule has 0 heterocycles. The van der Waals surface area contributed by atoms with Crippen LogP contribution in [0.25, 0.3) is 0 Å². The van der Waals surface area contributed by atoms with Gasteiger partial charge >= 0.3 is 11.9 Å². The molecule has 288 valence electrons. The third-order valence-electron chi connectivity index (χ3n) is 9.25. The molecule has 0 rings (SSSR count). The predicted octanol–water partition coefficient (Wildman–Crippen LogP) is 14.9. The van der Waals surface area contributed by atoms with Crippen molar-refractivity contribution in [3.05, 3.63) is 60.8 Å². The van der Waals surface area contributed by atoms with Gasteiger partial charge in [0.15, 0.2) is 0 Å². The van der Waals surface area contributed by atoms with E-state index in [1.807, 2.05) is 0 Å². The summed E-state index contributed by atoms with van der Waals surface area (Å²) in [5.74, 6) is -0.651. The predicted molar refractivity (Wildman–Crippen MR) is 218 cm³/mol. The van der Waals surface area contributed by atoms with E-state index in [0.717, 1.165) is 83.5 Å². The minimum Gasteiger partial charge on any atom is -0.481 e. The molecule has 4 heteroatoms. The molecular formula is C46H80O4. The van der Waals surface area contributed by atoms with E-state index in [0.29, 0.717) is 12.8 Å². The molecule has 0 spiro atoms. The van der Waals surface area contributed by atoms with Crippen LogP contribution >= 0.6 is 0 Å². The van der Waals surface area contributed by atoms with Crippen molar-refractivity contribution in [2.75, 3.05) is 0 Å². The van der Waals surface area contributed by atoms with Gasteiger partial charge in [-0.2, -0.15) is 0 Å². The quantitative estimate of drug-likeness (QED) is 0.0396. The summed E-state index contributed by atoms with van der Waals surface area (Å²) in [7, 11) is 0. The average Bonchev–Trinajstić information content (AvgIpc) is 3.10. The summed E-state index contributed by atoms with van der Waals surface area (Å²) in [5, 5.41) is 8.68. The van der Waals surface area contributed by atoms with Gasteiger partial charge in [-0.1, -0.05) is 177 Å². The fourth-order valence-corrected chi connectivity index (χ4v) is 6.15. The average molecular weight is 697 g/mol. The molecule has 1 N–H and O–H groups in total. The Morgan fingerprint density at radius 2 is 0.840 bits per heavy atom. The Labute approximate surface area is 310 Å². The van der Waals surface area contributed by atoms with Crippen molar-refractivity contribution < 1.29 is 19.4 Å². The Morgan fingerprint density at radius 1 is 0.460 bits per heavy atom. The van der Waals surface area contributed by atoms with E-state index in [1.54, 1.807) is 0 Å². The smallest absolute Gasteiger partial charge is 0.306 e. The lowest BCUT2D eigenvalue weighted by atomic mass is 10.0. The van der Waals surface area contributed by atoms with Gasteiger partial charge in [0.25, 0.3) is 0 Å². The number of aliphatic carboxylic acids is 1. The van der Waals surface area contributed by atoms with Crippen LogP contribution in [-0.2, 0) is 14.3 Å². The lowest BCUT2D eigenvalue weighted by molar-refractivity contribution is -0.150. The number of carbonyl (C=O) groups excluding carboxylic acids is 1. The number of allylic oxidation sites excluding steroid dienone is 10. The molecular weight excluding hydrogens is 617 g/mol. The van der Waals surface area contributed by atoms with Crippen molar-refractivity contribution in [3.8, 4) is 0 Å². The van der Waals surface area contributed by atoms with Crippen LogP contribution < -0.4 is 0 Å². The first-order valence-electron chi connectivity index (χ1n) is 21.3. The van der Waals surface area contributed by atoms with Crippen LogP contribution in [0.4, 0.5) is 0 Å². The van der Waals surface area contributed by atoms with E-state index in [2.05, 4.69) is 74.6 Å². The molecule has 0 saturated heterocycles. The van der Waals surface area contributed by atoms with Crippen LogP contribution in [0.15, 0.2) is 60.8 Å². The fourth-order valence-electron chi connectivity index (χ4n) is 6.15. The molecule has 0 aromatic carbocycles. The standard InChI is InChI=1S/C46H80O4/c1-3-5-7-8-9-10-11-12-13-14-15-16-17-18-19-23-26-29-32-35-39-43-46(49)50-44(40-36-6-4-2)41-37-33-30-27-24-21-20-22-25-28-31-34-38-42-45(47)48/h5,7,9-10,12-13,15-16,18-19,44H,3-4,6,8,11,14,17,20-43H2,1-2H3,(H,47,48)/b7-5-,10-9-,13-12-,16-15-,19-18-. The number of esters is 1. The topological polar surface area (TPSA) is 63.6 Å². The molecule has 50 heavy (non-hydrogen) atoms. The Hall–Kier alpha value is -2.36. The first-order chi connectivity index (χ1) is 24.6. The summed E-state index contributed by atoms with van der Waals surface area (Å²) in [5.41, 5.74) is 0. The minimum absolute atomic E-state index is 0.0190. The second kappa shape index (κ2) is 41.1. The van der Waals surface area contributed by atoms with Crippen molar-refractivity contribution in [2.45, 2.75) is 219 Å². The van der Waals surface area contributed by atoms with Crippen LogP contribution in [0, 0.1) is 0 Å². The number of unbranched alkanes of at least 4 members (excludes halogenated alkanes) is 19. The normalized spacial score (nSPS) is 12.8. The number of hydrogen-bond acceptors (Lipinski definition) is 3. The van der Waals surface area contributed by atoms with Gasteiger partial charge in [0.2, 0.25) is 0 Å². The molecule has 0 aliphatic rings. The van der Waals surface area contributed by atoms with Crippen molar-refractivity contribution in [2.24, 2.45) is 0 Å². The molecule has 0 bridgehead atoms. The Kier molecular flexibility index (Phi) is 39.1. The van der Waals surface area contributed by atoms with E-state index in [9.17, 15) is 9.59 Å². The third kappa shape index (κ3) is 40.1. The molecule has 1 atom stereocenters. The first-order valence-corrected chi connectivity index (χ1v) is 21.3. The maximum absolute atomic E-state index is 12.6. The Bertz CT molecular complexity index is 881. The number of ether oxygens (including phenoxy) is 1. The van der Waals surface area contributed by atoms with Gasteiger partial charge in [0, 0.05) is 12.8 Å². The molecule has 0 aliphatic heterocycles. The number of rotatable bonds is 38. The van der Waals surface area contributed by atoms with Crippen molar-refractivity contribution in [3.63, 3.8) is 0 Å². The summed E-state index contributed by atoms with van der Waals surface area (Å²) in [4.78, 5) is 23.1. The second-order valence-electron chi connectivity index (χ2n) is 14.2. The first kappa shape index (κ1) is 47.6. The maximum Gasteiger partial charge on any atom is 0.306 e. The van der Waals surface area contributed by atoms with Gasteiger partial charge in [-0.3, -0.25) is 9.59 Å². The maximum atomic E-state index is 12.6. The summed E-state index contributed by atoms with van der Waals surface area (Å²) in [6.45, 7) is 4.40. The largest absolute Gasteiger partial charge is 0.481 e. The number of carbonyl (C=O) groups is 2. The van der Waals surface area contributed by atoms with E-state index < -0.39 is 5.97 Å². The minimum atomic E-state index is -0.670. The third-order valence-corrected chi connectivity index (χ3v) is 9.25. The molecule has 0 saturated carbocycles. The molecule has 0 amide bonds. The summed E-state index contributed by atoms with van der Waals surface area (Å²) in [6, 6.07) is 0. The SMILES string of the molecule is CC/C=C\C/C=C\C/C=C\C/C=C\C/C=C\CCCCCCCC(=O)OC(CCCCC)CCCCCCCCCCCCCCCC(=O)O. The van der Waals surface area contributed by atoms with Crippen molar-refractivity contribution >= 4 is 11.9 Å².